The molecule has 188 valence electrons. The van der Waals surface area contributed by atoms with Crippen molar-refractivity contribution in [3.05, 3.63) is 48.6 Å². The molecule has 2 aliphatic rings. The zero-order valence-electron chi connectivity index (χ0n) is 20.4. The Kier molecular flexibility index (Phi) is 8.80. The lowest BCUT2D eigenvalue weighted by Crippen LogP contribution is -2.45. The molecule has 0 N–H and O–H groups in total. The van der Waals surface area contributed by atoms with Crippen LogP contribution in [0.25, 0.3) is 0 Å². The molecule has 10 nitrogen and oxygen atoms in total. The van der Waals surface area contributed by atoms with E-state index < -0.39 is 0 Å². The predicted octanol–water partition coefficient (Wildman–Crippen LogP) is 3.14. The molecule has 2 fully saturated rings. The van der Waals surface area contributed by atoms with E-state index in [-0.39, 0.29) is 12.0 Å². The molecule has 0 radical (unpaired) electrons. The van der Waals surface area contributed by atoms with Gasteiger partial charge >= 0.3 is 6.09 Å². The van der Waals surface area contributed by atoms with Gasteiger partial charge in [-0.25, -0.2) is 4.79 Å². The normalized spacial score (nSPS) is 14.9. The van der Waals surface area contributed by atoms with E-state index in [9.17, 15) is 9.59 Å². The Morgan fingerprint density at radius 1 is 0.886 bits per heavy atom. The van der Waals surface area contributed by atoms with Crippen molar-refractivity contribution in [3.8, 4) is 28.7 Å². The number of β-lactam (4-membered cyclic amide) rings is 1. The molecule has 2 aliphatic heterocycles. The molecule has 0 bridgehead atoms. The second-order valence-electron chi connectivity index (χ2n) is 7.50. The SMILES string of the molecule is C=C1CN(c2cc(OC)c(OC)c(OC)c2)C1=O.COc1ccccc1OC(=O)N1CCOCC1. The van der Waals surface area contributed by atoms with Crippen molar-refractivity contribution in [2.45, 2.75) is 0 Å². The molecule has 0 aromatic heterocycles. The lowest BCUT2D eigenvalue weighted by Gasteiger charge is -2.33. The summed E-state index contributed by atoms with van der Waals surface area (Å²) in [5, 5.41) is 0. The Bertz CT molecular complexity index is 1040. The van der Waals surface area contributed by atoms with Crippen molar-refractivity contribution in [1.29, 1.82) is 0 Å². The first-order valence-electron chi connectivity index (χ1n) is 10.9. The van der Waals surface area contributed by atoms with Crippen LogP contribution in [0.1, 0.15) is 0 Å². The van der Waals surface area contributed by atoms with Gasteiger partial charge in [0.2, 0.25) is 5.75 Å². The average molecular weight is 487 g/mol. The van der Waals surface area contributed by atoms with E-state index in [2.05, 4.69) is 6.58 Å². The Hall–Kier alpha value is -3.92. The lowest BCUT2D eigenvalue weighted by molar-refractivity contribution is -0.117. The number of para-hydroxylation sites is 2. The van der Waals surface area contributed by atoms with Gasteiger partial charge in [0, 0.05) is 30.8 Å². The molecule has 4 rings (SSSR count). The third-order valence-corrected chi connectivity index (χ3v) is 5.39. The number of benzene rings is 2. The molecular formula is C25H30N2O8. The fourth-order valence-corrected chi connectivity index (χ4v) is 3.47. The molecule has 0 unspecified atom stereocenters. The summed E-state index contributed by atoms with van der Waals surface area (Å²) in [4.78, 5) is 26.7. The van der Waals surface area contributed by atoms with Gasteiger partial charge in [0.05, 0.1) is 53.9 Å². The third kappa shape index (κ3) is 5.96. The minimum absolute atomic E-state index is 0.0794. The van der Waals surface area contributed by atoms with Crippen molar-refractivity contribution in [1.82, 2.24) is 4.90 Å². The van der Waals surface area contributed by atoms with Crippen molar-refractivity contribution < 1.29 is 38.0 Å². The van der Waals surface area contributed by atoms with Crippen molar-refractivity contribution in [2.75, 3.05) is 66.2 Å². The number of nitrogens with zero attached hydrogens (tertiary/aromatic N) is 2. The minimum Gasteiger partial charge on any atom is -0.493 e. The van der Waals surface area contributed by atoms with Crippen LogP contribution in [0.4, 0.5) is 10.5 Å². The highest BCUT2D eigenvalue weighted by molar-refractivity contribution is 6.13. The molecule has 10 heteroatoms. The van der Waals surface area contributed by atoms with E-state index in [1.165, 1.54) is 21.3 Å². The van der Waals surface area contributed by atoms with Crippen molar-refractivity contribution >= 4 is 17.7 Å². The van der Waals surface area contributed by atoms with Gasteiger partial charge in [-0.05, 0) is 12.1 Å². The molecule has 2 amide bonds. The summed E-state index contributed by atoms with van der Waals surface area (Å²) in [6.45, 7) is 6.42. The minimum atomic E-state index is -0.363. The average Bonchev–Trinajstić information content (AvgIpc) is 2.91. The van der Waals surface area contributed by atoms with E-state index in [1.807, 2.05) is 6.07 Å². The summed E-state index contributed by atoms with van der Waals surface area (Å²) in [6.07, 6.45) is -0.363. The van der Waals surface area contributed by atoms with Gasteiger partial charge in [-0.15, -0.1) is 0 Å². The van der Waals surface area contributed by atoms with E-state index in [1.54, 1.807) is 47.2 Å². The topological polar surface area (TPSA) is 96.0 Å². The van der Waals surface area contributed by atoms with Crippen LogP contribution in [0.15, 0.2) is 48.6 Å². The fraction of sp³-hybridized carbons (Fsp3) is 0.360. The van der Waals surface area contributed by atoms with Crippen LogP contribution in [-0.4, -0.2) is 78.2 Å². The summed E-state index contributed by atoms with van der Waals surface area (Å²) in [6, 6.07) is 10.6. The number of anilines is 1. The number of carbonyl (C=O) groups excluding carboxylic acids is 2. The summed E-state index contributed by atoms with van der Waals surface area (Å²) in [5.74, 6) is 2.47. The van der Waals surface area contributed by atoms with Crippen LogP contribution >= 0.6 is 0 Å². The van der Waals surface area contributed by atoms with Gasteiger partial charge in [0.1, 0.15) is 0 Å². The summed E-state index contributed by atoms with van der Waals surface area (Å²) < 4.78 is 31.3. The Morgan fingerprint density at radius 3 is 1.94 bits per heavy atom. The lowest BCUT2D eigenvalue weighted by atomic mass is 10.1. The summed E-state index contributed by atoms with van der Waals surface area (Å²) in [5.41, 5.74) is 1.31. The number of carbonyl (C=O) groups is 2. The van der Waals surface area contributed by atoms with E-state index in [4.69, 9.17) is 28.4 Å². The number of methoxy groups -OCH3 is 4. The van der Waals surface area contributed by atoms with E-state index >= 15 is 0 Å². The van der Waals surface area contributed by atoms with Gasteiger partial charge in [0.25, 0.3) is 5.91 Å². The standard InChI is InChI=1S/C13H15NO4.C12H15NO4/c1-8-7-14(13(8)15)9-5-10(16-2)12(18-4)11(6-9)17-3;1-15-10-4-2-3-5-11(10)17-12(14)13-6-8-16-9-7-13/h5-6H,1,7H2,2-4H3;2-5H,6-9H2,1H3. The monoisotopic (exact) mass is 486 g/mol. The smallest absolute Gasteiger partial charge is 0.415 e. The molecular weight excluding hydrogens is 456 g/mol. The van der Waals surface area contributed by atoms with E-state index in [0.29, 0.717) is 72.9 Å². The Morgan fingerprint density at radius 2 is 1.46 bits per heavy atom. The second-order valence-corrected chi connectivity index (χ2v) is 7.50. The van der Waals surface area contributed by atoms with Crippen LogP contribution < -0.4 is 28.6 Å². The Balaban J connectivity index is 0.000000196. The van der Waals surface area contributed by atoms with Crippen LogP contribution in [0.2, 0.25) is 0 Å². The predicted molar refractivity (Wildman–Crippen MR) is 129 cm³/mol. The summed E-state index contributed by atoms with van der Waals surface area (Å²) in [7, 11) is 6.16. The third-order valence-electron chi connectivity index (χ3n) is 5.39. The van der Waals surface area contributed by atoms with Gasteiger partial charge in [-0.3, -0.25) is 4.79 Å². The molecule has 2 aromatic rings. The number of morpholine rings is 1. The molecule has 2 heterocycles. The van der Waals surface area contributed by atoms with Crippen LogP contribution in [0.3, 0.4) is 0 Å². The second kappa shape index (κ2) is 12.0. The van der Waals surface area contributed by atoms with Crippen LogP contribution in [0, 0.1) is 0 Å². The first kappa shape index (κ1) is 25.7. The molecule has 2 aromatic carbocycles. The molecule has 0 spiro atoms. The van der Waals surface area contributed by atoms with Gasteiger partial charge in [0.15, 0.2) is 23.0 Å². The molecule has 0 aliphatic carbocycles. The zero-order valence-corrected chi connectivity index (χ0v) is 20.4. The van der Waals surface area contributed by atoms with E-state index in [0.717, 1.165) is 0 Å². The number of rotatable bonds is 6. The first-order chi connectivity index (χ1) is 16.9. The number of hydrogen-bond donors (Lipinski definition) is 0. The maximum Gasteiger partial charge on any atom is 0.415 e. The largest absolute Gasteiger partial charge is 0.493 e. The summed E-state index contributed by atoms with van der Waals surface area (Å²) >= 11 is 0. The molecule has 0 saturated carbocycles. The Labute approximate surface area is 204 Å². The highest BCUT2D eigenvalue weighted by atomic mass is 16.6. The number of amides is 2. The van der Waals surface area contributed by atoms with Gasteiger partial charge in [-0.2, -0.15) is 0 Å². The number of hydrogen-bond acceptors (Lipinski definition) is 8. The molecule has 0 atom stereocenters. The maximum atomic E-state index is 11.8. The zero-order chi connectivity index (χ0) is 25.4. The molecule has 2 saturated heterocycles. The van der Waals surface area contributed by atoms with Crippen LogP contribution in [0.5, 0.6) is 28.7 Å². The van der Waals surface area contributed by atoms with Crippen molar-refractivity contribution in [2.24, 2.45) is 0 Å². The molecule has 35 heavy (non-hydrogen) atoms. The highest BCUT2D eigenvalue weighted by Gasteiger charge is 2.31. The van der Waals surface area contributed by atoms with Crippen LogP contribution in [-0.2, 0) is 9.53 Å². The van der Waals surface area contributed by atoms with Gasteiger partial charge < -0.3 is 38.2 Å². The first-order valence-corrected chi connectivity index (χ1v) is 10.9. The van der Waals surface area contributed by atoms with Gasteiger partial charge in [-0.1, -0.05) is 18.7 Å². The maximum absolute atomic E-state index is 11.8. The quantitative estimate of drug-likeness (QED) is 0.454. The number of ether oxygens (including phenoxy) is 6. The fourth-order valence-electron chi connectivity index (χ4n) is 3.47. The highest BCUT2D eigenvalue weighted by Crippen LogP contribution is 2.42. The van der Waals surface area contributed by atoms with Crippen molar-refractivity contribution in [3.63, 3.8) is 0 Å².